The third-order valence-corrected chi connectivity index (χ3v) is 5.35. The number of hydrogen-bond donors (Lipinski definition) is 4. The van der Waals surface area contributed by atoms with Crippen LogP contribution in [-0.4, -0.2) is 32.0 Å². The van der Waals surface area contributed by atoms with Crippen LogP contribution in [0.4, 0.5) is 17.6 Å². The molecule has 3 aromatic rings. The highest BCUT2D eigenvalue weighted by atomic mass is 19.4. The Labute approximate surface area is 169 Å². The Balaban J connectivity index is 2.02. The number of alkyl halides is 3. The van der Waals surface area contributed by atoms with Crippen LogP contribution >= 0.6 is 0 Å². The summed E-state index contributed by atoms with van der Waals surface area (Å²) in [5.41, 5.74) is -3.86. The molecule has 9 heteroatoms. The number of pyridine rings is 1. The normalized spacial score (nSPS) is 14.8. The molecule has 5 nitrogen and oxygen atoms in total. The monoisotopic (exact) mass is 426 g/mol. The number of aromatic nitrogens is 2. The van der Waals surface area contributed by atoms with E-state index in [4.69, 9.17) is 0 Å². The van der Waals surface area contributed by atoms with Crippen LogP contribution in [0.1, 0.15) is 37.1 Å². The van der Waals surface area contributed by atoms with Crippen molar-refractivity contribution < 1.29 is 27.8 Å². The summed E-state index contributed by atoms with van der Waals surface area (Å²) in [6.45, 7) is 4.70. The summed E-state index contributed by atoms with van der Waals surface area (Å²) in [5.74, 6) is -1.05. The number of benzene rings is 1. The highest BCUT2D eigenvalue weighted by Gasteiger charge is 2.56. The molecule has 4 N–H and O–H groups in total. The van der Waals surface area contributed by atoms with Gasteiger partial charge in [-0.2, -0.15) is 13.2 Å². The Morgan fingerprint density at radius 1 is 1.07 bits per heavy atom. The fourth-order valence-electron chi connectivity index (χ4n) is 4.01. The van der Waals surface area contributed by atoms with Crippen molar-refractivity contribution in [3.63, 3.8) is 0 Å². The fourth-order valence-corrected chi connectivity index (χ4v) is 4.01. The summed E-state index contributed by atoms with van der Waals surface area (Å²) >= 11 is 0. The van der Waals surface area contributed by atoms with Gasteiger partial charge in [0.15, 0.2) is 5.60 Å². The molecule has 0 fully saturated rings. The van der Waals surface area contributed by atoms with Crippen molar-refractivity contribution in [3.8, 4) is 5.88 Å². The fraction of sp³-hybridized carbons (Fsp3) is 0.381. The Morgan fingerprint density at radius 2 is 1.73 bits per heavy atom. The van der Waals surface area contributed by atoms with E-state index in [9.17, 15) is 32.6 Å². The molecule has 0 aliphatic rings. The second-order valence-electron chi connectivity index (χ2n) is 8.33. The zero-order valence-corrected chi connectivity index (χ0v) is 16.6. The van der Waals surface area contributed by atoms with E-state index in [0.29, 0.717) is 11.1 Å². The highest BCUT2D eigenvalue weighted by Crippen LogP contribution is 2.44. The summed E-state index contributed by atoms with van der Waals surface area (Å²) < 4.78 is 55.7. The van der Waals surface area contributed by atoms with Crippen molar-refractivity contribution in [1.29, 1.82) is 0 Å². The van der Waals surface area contributed by atoms with Crippen LogP contribution < -0.4 is 5.56 Å². The van der Waals surface area contributed by atoms with Gasteiger partial charge < -0.3 is 15.2 Å². The Kier molecular flexibility index (Phi) is 5.22. The molecular weight excluding hydrogens is 404 g/mol. The minimum Gasteiger partial charge on any atom is -0.494 e. The molecular formula is C21H22F4N2O3. The van der Waals surface area contributed by atoms with Crippen molar-refractivity contribution in [2.24, 2.45) is 0 Å². The topological polar surface area (TPSA) is 89.1 Å². The lowest BCUT2D eigenvalue weighted by Gasteiger charge is -2.38. The second-order valence-corrected chi connectivity index (χ2v) is 8.33. The summed E-state index contributed by atoms with van der Waals surface area (Å²) in [6.07, 6.45) is -6.55. The maximum absolute atomic E-state index is 14.0. The lowest BCUT2D eigenvalue weighted by molar-refractivity contribution is -0.266. The molecule has 0 aliphatic heterocycles. The molecule has 2 aromatic heterocycles. The third kappa shape index (κ3) is 4.07. The van der Waals surface area contributed by atoms with Gasteiger partial charge in [0.1, 0.15) is 5.82 Å². The van der Waals surface area contributed by atoms with E-state index in [0.717, 1.165) is 6.07 Å². The molecule has 2 heterocycles. The van der Waals surface area contributed by atoms with E-state index in [1.807, 2.05) is 0 Å². The molecule has 0 radical (unpaired) electrons. The van der Waals surface area contributed by atoms with E-state index in [1.165, 1.54) is 38.1 Å². The Morgan fingerprint density at radius 3 is 2.37 bits per heavy atom. The van der Waals surface area contributed by atoms with Gasteiger partial charge >= 0.3 is 6.18 Å². The average molecular weight is 426 g/mol. The van der Waals surface area contributed by atoms with Gasteiger partial charge in [-0.1, -0.05) is 19.9 Å². The van der Waals surface area contributed by atoms with Gasteiger partial charge in [-0.3, -0.25) is 9.78 Å². The number of aliphatic hydroxyl groups is 1. The predicted molar refractivity (Wildman–Crippen MR) is 104 cm³/mol. The lowest BCUT2D eigenvalue weighted by atomic mass is 9.72. The number of fused-ring (bicyclic) bond motifs is 1. The summed E-state index contributed by atoms with van der Waals surface area (Å²) in [4.78, 5) is 16.3. The molecule has 0 saturated carbocycles. The van der Waals surface area contributed by atoms with Crippen LogP contribution in [0.2, 0.25) is 0 Å². The number of aromatic hydroxyl groups is 1. The molecule has 3 rings (SSSR count). The van der Waals surface area contributed by atoms with Gasteiger partial charge in [-0.25, -0.2) is 4.39 Å². The molecule has 1 aromatic carbocycles. The molecule has 30 heavy (non-hydrogen) atoms. The molecule has 0 amide bonds. The molecule has 0 bridgehead atoms. The first-order valence-corrected chi connectivity index (χ1v) is 9.21. The highest BCUT2D eigenvalue weighted by molar-refractivity contribution is 5.84. The summed E-state index contributed by atoms with van der Waals surface area (Å²) in [6, 6.07) is 6.24. The van der Waals surface area contributed by atoms with Gasteiger partial charge in [0.2, 0.25) is 5.88 Å². The van der Waals surface area contributed by atoms with Crippen LogP contribution in [-0.2, 0) is 11.8 Å². The Bertz CT molecular complexity index is 1150. The number of rotatable bonds is 5. The van der Waals surface area contributed by atoms with Gasteiger partial charge in [0.05, 0.1) is 10.9 Å². The quantitative estimate of drug-likeness (QED) is 0.461. The van der Waals surface area contributed by atoms with Crippen LogP contribution in [0.15, 0.2) is 35.1 Å². The zero-order valence-electron chi connectivity index (χ0n) is 16.6. The van der Waals surface area contributed by atoms with E-state index in [2.05, 4.69) is 9.97 Å². The minimum atomic E-state index is -4.99. The average Bonchev–Trinajstić information content (AvgIpc) is 2.97. The Hall–Kier alpha value is -2.81. The maximum atomic E-state index is 14.0. The van der Waals surface area contributed by atoms with Crippen LogP contribution in [0.25, 0.3) is 10.9 Å². The van der Waals surface area contributed by atoms with E-state index in [-0.39, 0.29) is 16.6 Å². The van der Waals surface area contributed by atoms with Crippen molar-refractivity contribution in [3.05, 3.63) is 63.3 Å². The molecule has 1 atom stereocenters. The standard InChI is InChI=1S/C21H22F4N2O3/c1-11-4-5-12(22)6-15(11)19(2,3)10-20(30,21(23,24)25)9-13-7-14-16(26-13)8-17(28)27-18(14)29/h4-8,26,30H,9-10H2,1-3H3,(H2,27,28,29). The number of nitrogens with one attached hydrogen (secondary N) is 2. The first-order chi connectivity index (χ1) is 13.7. The largest absolute Gasteiger partial charge is 0.494 e. The number of aromatic amines is 2. The lowest BCUT2D eigenvalue weighted by Crippen LogP contribution is -2.51. The van der Waals surface area contributed by atoms with E-state index in [1.54, 1.807) is 6.92 Å². The number of H-pyrrole nitrogens is 2. The number of hydrogen-bond acceptors (Lipinski definition) is 3. The first kappa shape index (κ1) is 21.9. The molecule has 162 valence electrons. The van der Waals surface area contributed by atoms with Gasteiger partial charge in [0.25, 0.3) is 5.56 Å². The molecule has 0 spiro atoms. The van der Waals surface area contributed by atoms with Crippen molar-refractivity contribution in [2.45, 2.75) is 50.8 Å². The van der Waals surface area contributed by atoms with Gasteiger partial charge in [0, 0.05) is 18.2 Å². The molecule has 0 aliphatic carbocycles. The number of aryl methyl sites for hydroxylation is 1. The predicted octanol–water partition coefficient (Wildman–Crippen LogP) is 4.21. The van der Waals surface area contributed by atoms with E-state index >= 15 is 0 Å². The van der Waals surface area contributed by atoms with Crippen molar-refractivity contribution in [2.75, 3.05) is 0 Å². The molecule has 0 saturated heterocycles. The van der Waals surface area contributed by atoms with Gasteiger partial charge in [-0.15, -0.1) is 0 Å². The third-order valence-electron chi connectivity index (χ3n) is 5.35. The van der Waals surface area contributed by atoms with Crippen LogP contribution in [0.5, 0.6) is 5.88 Å². The van der Waals surface area contributed by atoms with Crippen LogP contribution in [0.3, 0.4) is 0 Å². The van der Waals surface area contributed by atoms with E-state index < -0.39 is 47.3 Å². The summed E-state index contributed by atoms with van der Waals surface area (Å²) in [5, 5.41) is 20.7. The van der Waals surface area contributed by atoms with Gasteiger partial charge in [-0.05, 0) is 48.1 Å². The first-order valence-electron chi connectivity index (χ1n) is 9.21. The SMILES string of the molecule is Cc1ccc(F)cc1C(C)(C)CC(O)(Cc1cc2c(O)[nH]c(=O)cc2[nH]1)C(F)(F)F. The van der Waals surface area contributed by atoms with Crippen molar-refractivity contribution >= 4 is 10.9 Å². The number of halogens is 4. The zero-order chi connectivity index (χ0) is 22.5. The van der Waals surface area contributed by atoms with Crippen LogP contribution in [0, 0.1) is 12.7 Å². The summed E-state index contributed by atoms with van der Waals surface area (Å²) in [7, 11) is 0. The smallest absolute Gasteiger partial charge is 0.417 e. The van der Waals surface area contributed by atoms with Crippen molar-refractivity contribution in [1.82, 2.24) is 9.97 Å². The second kappa shape index (κ2) is 7.16. The minimum absolute atomic E-state index is 0.00844. The molecule has 1 unspecified atom stereocenters. The maximum Gasteiger partial charge on any atom is 0.417 e.